The van der Waals surface area contributed by atoms with Crippen molar-refractivity contribution < 1.29 is 4.79 Å². The number of imidazole rings is 1. The summed E-state index contributed by atoms with van der Waals surface area (Å²) in [7, 11) is 0. The maximum Gasteiger partial charge on any atom is 0.265 e. The van der Waals surface area contributed by atoms with Crippen LogP contribution in [0.25, 0.3) is 11.0 Å². The van der Waals surface area contributed by atoms with Gasteiger partial charge in [0.2, 0.25) is 0 Å². The third-order valence-corrected chi connectivity index (χ3v) is 3.20. The molecule has 0 aliphatic carbocycles. The van der Waals surface area contributed by atoms with E-state index in [0.29, 0.717) is 12.1 Å². The Bertz CT molecular complexity index is 763. The van der Waals surface area contributed by atoms with Crippen LogP contribution >= 0.6 is 0 Å². The van der Waals surface area contributed by atoms with Crippen LogP contribution in [0.3, 0.4) is 0 Å². The van der Waals surface area contributed by atoms with Crippen LogP contribution < -0.4 is 11.3 Å². The average Bonchev–Trinajstić information content (AvgIpc) is 2.90. The van der Waals surface area contributed by atoms with E-state index < -0.39 is 0 Å². The first-order valence-corrected chi connectivity index (χ1v) is 6.27. The first-order chi connectivity index (χ1) is 9.78. The number of carbonyl (C=O) groups excluding carboxylic acids is 1. The number of hydrazine groups is 1. The van der Waals surface area contributed by atoms with Crippen molar-refractivity contribution in [3.63, 3.8) is 0 Å². The second-order valence-electron chi connectivity index (χ2n) is 4.54. The fraction of sp³-hybridized carbons (Fsp3) is 0.0667. The number of nitrogens with zero attached hydrogens (tertiary/aromatic N) is 2. The Balaban J connectivity index is 1.93. The largest absolute Gasteiger partial charge is 0.326 e. The topological polar surface area (TPSA) is 72.9 Å². The van der Waals surface area contributed by atoms with E-state index in [1.54, 1.807) is 12.4 Å². The number of hydrogen-bond donors (Lipinski definition) is 2. The van der Waals surface area contributed by atoms with Gasteiger partial charge >= 0.3 is 0 Å². The molecule has 0 saturated carbocycles. The lowest BCUT2D eigenvalue weighted by Gasteiger charge is -2.06. The van der Waals surface area contributed by atoms with E-state index in [1.807, 2.05) is 42.5 Å². The lowest BCUT2D eigenvalue weighted by Crippen LogP contribution is -2.30. The monoisotopic (exact) mass is 266 g/mol. The molecule has 2 aromatic carbocycles. The van der Waals surface area contributed by atoms with Crippen molar-refractivity contribution in [2.75, 3.05) is 0 Å². The van der Waals surface area contributed by atoms with E-state index in [-0.39, 0.29) is 5.91 Å². The molecule has 5 nitrogen and oxygen atoms in total. The summed E-state index contributed by atoms with van der Waals surface area (Å²) in [5, 5.41) is 0. The molecule has 0 bridgehead atoms. The predicted molar refractivity (Wildman–Crippen MR) is 76.9 cm³/mol. The Morgan fingerprint density at radius 2 is 2.05 bits per heavy atom. The molecule has 0 spiro atoms. The van der Waals surface area contributed by atoms with Crippen LogP contribution in [-0.4, -0.2) is 15.5 Å². The molecule has 1 aromatic heterocycles. The van der Waals surface area contributed by atoms with Gasteiger partial charge < -0.3 is 4.57 Å². The fourth-order valence-electron chi connectivity index (χ4n) is 2.23. The van der Waals surface area contributed by atoms with Crippen molar-refractivity contribution in [3.05, 3.63) is 66.0 Å². The molecule has 3 N–H and O–H groups in total. The van der Waals surface area contributed by atoms with Crippen molar-refractivity contribution in [1.82, 2.24) is 15.0 Å². The van der Waals surface area contributed by atoms with Crippen molar-refractivity contribution in [3.8, 4) is 0 Å². The zero-order valence-electron chi connectivity index (χ0n) is 10.8. The first kappa shape index (κ1) is 12.4. The number of amides is 1. The second kappa shape index (κ2) is 5.14. The lowest BCUT2D eigenvalue weighted by molar-refractivity contribution is 0.0953. The Hall–Kier alpha value is -2.66. The van der Waals surface area contributed by atoms with E-state index >= 15 is 0 Å². The third kappa shape index (κ3) is 2.26. The SMILES string of the molecule is NNC(=O)c1cccc(Cn2cnc3ccccc32)c1. The Labute approximate surface area is 116 Å². The molecule has 0 saturated heterocycles. The molecule has 1 heterocycles. The zero-order valence-corrected chi connectivity index (χ0v) is 10.8. The molecule has 3 rings (SSSR count). The molecule has 0 aliphatic rings. The van der Waals surface area contributed by atoms with E-state index in [4.69, 9.17) is 5.84 Å². The summed E-state index contributed by atoms with van der Waals surface area (Å²) in [6.07, 6.45) is 1.81. The minimum Gasteiger partial charge on any atom is -0.326 e. The molecule has 5 heteroatoms. The molecule has 1 amide bonds. The highest BCUT2D eigenvalue weighted by atomic mass is 16.2. The van der Waals surface area contributed by atoms with Crippen LogP contribution in [0.5, 0.6) is 0 Å². The first-order valence-electron chi connectivity index (χ1n) is 6.27. The standard InChI is InChI=1S/C15H14N4O/c16-18-15(20)12-5-3-4-11(8-12)9-19-10-17-13-6-1-2-7-14(13)19/h1-8,10H,9,16H2,(H,18,20). The number of aromatic nitrogens is 2. The highest BCUT2D eigenvalue weighted by molar-refractivity contribution is 5.93. The van der Waals surface area contributed by atoms with Gasteiger partial charge in [-0.25, -0.2) is 10.8 Å². The van der Waals surface area contributed by atoms with Crippen molar-refractivity contribution in [2.24, 2.45) is 5.84 Å². The Kier molecular flexibility index (Phi) is 3.18. The number of benzene rings is 2. The summed E-state index contributed by atoms with van der Waals surface area (Å²) in [5.74, 6) is 4.86. The van der Waals surface area contributed by atoms with E-state index in [9.17, 15) is 4.79 Å². The summed E-state index contributed by atoms with van der Waals surface area (Å²) < 4.78 is 2.05. The highest BCUT2D eigenvalue weighted by Crippen LogP contribution is 2.14. The van der Waals surface area contributed by atoms with E-state index in [1.165, 1.54) is 0 Å². The van der Waals surface area contributed by atoms with Gasteiger partial charge in [0.25, 0.3) is 5.91 Å². The molecule has 20 heavy (non-hydrogen) atoms. The number of para-hydroxylation sites is 2. The molecule has 0 atom stereocenters. The van der Waals surface area contributed by atoms with Crippen LogP contribution in [0.1, 0.15) is 15.9 Å². The van der Waals surface area contributed by atoms with Gasteiger partial charge in [-0.2, -0.15) is 0 Å². The maximum absolute atomic E-state index is 11.5. The second-order valence-corrected chi connectivity index (χ2v) is 4.54. The fourth-order valence-corrected chi connectivity index (χ4v) is 2.23. The molecule has 3 aromatic rings. The van der Waals surface area contributed by atoms with Gasteiger partial charge in [-0.3, -0.25) is 10.2 Å². The van der Waals surface area contributed by atoms with E-state index in [2.05, 4.69) is 15.0 Å². The summed E-state index contributed by atoms with van der Waals surface area (Å²) in [6.45, 7) is 0.659. The molecule has 0 radical (unpaired) electrons. The minimum atomic E-state index is -0.290. The average molecular weight is 266 g/mol. The molecule has 0 fully saturated rings. The summed E-state index contributed by atoms with van der Waals surface area (Å²) >= 11 is 0. The van der Waals surface area contributed by atoms with Gasteiger partial charge in [-0.05, 0) is 29.8 Å². The smallest absolute Gasteiger partial charge is 0.265 e. The zero-order chi connectivity index (χ0) is 13.9. The van der Waals surface area contributed by atoms with Crippen LogP contribution in [-0.2, 0) is 6.54 Å². The van der Waals surface area contributed by atoms with Gasteiger partial charge in [-0.1, -0.05) is 24.3 Å². The molecular formula is C15H14N4O. The van der Waals surface area contributed by atoms with Gasteiger partial charge in [-0.15, -0.1) is 0 Å². The van der Waals surface area contributed by atoms with Crippen molar-refractivity contribution in [1.29, 1.82) is 0 Å². The molecule has 100 valence electrons. The van der Waals surface area contributed by atoms with Crippen LogP contribution in [0.2, 0.25) is 0 Å². The number of nitrogen functional groups attached to an aromatic ring is 1. The van der Waals surface area contributed by atoms with Crippen LogP contribution in [0.15, 0.2) is 54.9 Å². The molecule has 0 aliphatic heterocycles. The van der Waals surface area contributed by atoms with Gasteiger partial charge in [0, 0.05) is 12.1 Å². The number of carbonyl (C=O) groups is 1. The maximum atomic E-state index is 11.5. The van der Waals surface area contributed by atoms with Gasteiger partial charge in [0.05, 0.1) is 17.4 Å². The quantitative estimate of drug-likeness (QED) is 0.430. The summed E-state index contributed by atoms with van der Waals surface area (Å²) in [4.78, 5) is 15.9. The number of fused-ring (bicyclic) bond motifs is 1. The van der Waals surface area contributed by atoms with Gasteiger partial charge in [0.1, 0.15) is 0 Å². The highest BCUT2D eigenvalue weighted by Gasteiger charge is 2.06. The predicted octanol–water partition coefficient (Wildman–Crippen LogP) is 1.69. The van der Waals surface area contributed by atoms with Crippen molar-refractivity contribution >= 4 is 16.9 Å². The number of nitrogens with two attached hydrogens (primary N) is 1. The van der Waals surface area contributed by atoms with Gasteiger partial charge in [0.15, 0.2) is 0 Å². The van der Waals surface area contributed by atoms with Crippen LogP contribution in [0, 0.1) is 0 Å². The normalized spacial score (nSPS) is 10.7. The number of nitrogens with one attached hydrogen (secondary N) is 1. The lowest BCUT2D eigenvalue weighted by atomic mass is 10.1. The Morgan fingerprint density at radius 1 is 1.20 bits per heavy atom. The molecular weight excluding hydrogens is 252 g/mol. The molecule has 0 unspecified atom stereocenters. The van der Waals surface area contributed by atoms with E-state index in [0.717, 1.165) is 16.6 Å². The van der Waals surface area contributed by atoms with Crippen LogP contribution in [0.4, 0.5) is 0 Å². The summed E-state index contributed by atoms with van der Waals surface area (Å²) in [6, 6.07) is 15.3. The number of rotatable bonds is 3. The van der Waals surface area contributed by atoms with Crippen molar-refractivity contribution in [2.45, 2.75) is 6.54 Å². The minimum absolute atomic E-state index is 0.290. The number of hydrogen-bond acceptors (Lipinski definition) is 3. The summed E-state index contributed by atoms with van der Waals surface area (Å²) in [5.41, 5.74) is 5.74. The Morgan fingerprint density at radius 3 is 2.90 bits per heavy atom. The third-order valence-electron chi connectivity index (χ3n) is 3.20.